The molecule has 1 saturated heterocycles. The third-order valence-electron chi connectivity index (χ3n) is 3.76. The summed E-state index contributed by atoms with van der Waals surface area (Å²) in [4.78, 5) is 2.28. The molecule has 1 fully saturated rings. The van der Waals surface area contributed by atoms with E-state index in [1.54, 1.807) is 14.2 Å². The first-order valence-electron chi connectivity index (χ1n) is 6.89. The molecule has 0 aromatic heterocycles. The average molecular weight is 280 g/mol. The van der Waals surface area contributed by atoms with Gasteiger partial charge in [0, 0.05) is 13.1 Å². The van der Waals surface area contributed by atoms with Crippen LogP contribution in [-0.2, 0) is 4.74 Å². The van der Waals surface area contributed by atoms with Crippen LogP contribution in [0.25, 0.3) is 0 Å². The summed E-state index contributed by atoms with van der Waals surface area (Å²) in [6.07, 6.45) is 0.0731. The Balaban J connectivity index is 2.35. The highest BCUT2D eigenvalue weighted by atomic mass is 16.5. The molecular formula is C15H24N2O3. The third kappa shape index (κ3) is 3.06. The van der Waals surface area contributed by atoms with E-state index >= 15 is 0 Å². The maximum atomic E-state index is 5.94. The van der Waals surface area contributed by atoms with Gasteiger partial charge in [-0.05, 0) is 26.2 Å². The van der Waals surface area contributed by atoms with Gasteiger partial charge in [-0.3, -0.25) is 0 Å². The van der Waals surface area contributed by atoms with Gasteiger partial charge < -0.3 is 24.4 Å². The molecule has 5 heteroatoms. The van der Waals surface area contributed by atoms with Crippen molar-refractivity contribution in [3.63, 3.8) is 0 Å². The number of nitrogens with zero attached hydrogens (tertiary/aromatic N) is 1. The molecule has 1 aliphatic rings. The fraction of sp³-hybridized carbons (Fsp3) is 0.600. The Morgan fingerprint density at radius 3 is 2.45 bits per heavy atom. The number of nitrogens with one attached hydrogen (secondary N) is 1. The van der Waals surface area contributed by atoms with E-state index in [1.807, 2.05) is 25.2 Å². The number of hydrogen-bond acceptors (Lipinski definition) is 5. The molecule has 1 aromatic rings. The van der Waals surface area contributed by atoms with Crippen molar-refractivity contribution in [3.8, 4) is 11.5 Å². The van der Waals surface area contributed by atoms with Gasteiger partial charge >= 0.3 is 0 Å². The Hall–Kier alpha value is -1.30. The van der Waals surface area contributed by atoms with E-state index in [2.05, 4.69) is 17.3 Å². The summed E-state index contributed by atoms with van der Waals surface area (Å²) >= 11 is 0. The minimum atomic E-state index is 0.0313. The quantitative estimate of drug-likeness (QED) is 0.880. The van der Waals surface area contributed by atoms with Crippen LogP contribution in [0.5, 0.6) is 11.5 Å². The lowest BCUT2D eigenvalue weighted by molar-refractivity contribution is -0.0386. The summed E-state index contributed by atoms with van der Waals surface area (Å²) in [5.74, 6) is 1.64. The Morgan fingerprint density at radius 1 is 1.30 bits per heavy atom. The maximum absolute atomic E-state index is 5.94. The predicted octanol–water partition coefficient (Wildman–Crippen LogP) is 1.29. The van der Waals surface area contributed by atoms with Crippen molar-refractivity contribution in [2.45, 2.75) is 12.1 Å². The van der Waals surface area contributed by atoms with Crippen LogP contribution in [0.15, 0.2) is 18.2 Å². The van der Waals surface area contributed by atoms with Crippen LogP contribution >= 0.6 is 0 Å². The standard InChI is InChI=1S/C15H24N2O3/c1-16-15(13-10-17(2)8-9-20-13)14-11(18-3)6-5-7-12(14)19-4/h5-7,13,15-16H,8-10H2,1-4H3. The molecular weight excluding hydrogens is 256 g/mol. The highest BCUT2D eigenvalue weighted by molar-refractivity contribution is 5.47. The second-order valence-corrected chi connectivity index (χ2v) is 5.01. The fourth-order valence-electron chi connectivity index (χ4n) is 2.72. The van der Waals surface area contributed by atoms with Gasteiger partial charge in [-0.15, -0.1) is 0 Å². The summed E-state index contributed by atoms with van der Waals surface area (Å²) in [5.41, 5.74) is 1.01. The van der Waals surface area contributed by atoms with Gasteiger partial charge in [-0.2, -0.15) is 0 Å². The number of hydrogen-bond donors (Lipinski definition) is 1. The zero-order valence-corrected chi connectivity index (χ0v) is 12.7. The van der Waals surface area contributed by atoms with Gasteiger partial charge in [-0.1, -0.05) is 6.07 Å². The number of methoxy groups -OCH3 is 2. The first-order valence-corrected chi connectivity index (χ1v) is 6.89. The van der Waals surface area contributed by atoms with Crippen LogP contribution in [0.2, 0.25) is 0 Å². The molecule has 0 spiro atoms. The molecule has 2 unspecified atom stereocenters. The minimum Gasteiger partial charge on any atom is -0.496 e. The van der Waals surface area contributed by atoms with E-state index in [1.165, 1.54) is 0 Å². The van der Waals surface area contributed by atoms with Crippen LogP contribution < -0.4 is 14.8 Å². The summed E-state index contributed by atoms with van der Waals surface area (Å²) in [6.45, 7) is 2.60. The van der Waals surface area contributed by atoms with E-state index in [4.69, 9.17) is 14.2 Å². The van der Waals surface area contributed by atoms with Crippen LogP contribution in [0.3, 0.4) is 0 Å². The van der Waals surface area contributed by atoms with Gasteiger partial charge in [0.25, 0.3) is 0 Å². The Morgan fingerprint density at radius 2 is 1.95 bits per heavy atom. The summed E-state index contributed by atoms with van der Waals surface area (Å²) < 4.78 is 16.9. The van der Waals surface area contributed by atoms with Gasteiger partial charge in [0.2, 0.25) is 0 Å². The summed E-state index contributed by atoms with van der Waals surface area (Å²) in [7, 11) is 7.41. The largest absolute Gasteiger partial charge is 0.496 e. The summed E-state index contributed by atoms with van der Waals surface area (Å²) in [6, 6.07) is 5.87. The Labute approximate surface area is 120 Å². The molecule has 0 radical (unpaired) electrons. The van der Waals surface area contributed by atoms with Gasteiger partial charge in [0.05, 0.1) is 38.5 Å². The molecule has 0 saturated carbocycles. The first-order chi connectivity index (χ1) is 9.71. The Kier molecular flexibility index (Phi) is 5.23. The maximum Gasteiger partial charge on any atom is 0.127 e. The number of morpholine rings is 1. The molecule has 1 N–H and O–H groups in total. The first kappa shape index (κ1) is 15.1. The predicted molar refractivity (Wildman–Crippen MR) is 78.6 cm³/mol. The molecule has 5 nitrogen and oxygen atoms in total. The van der Waals surface area contributed by atoms with E-state index in [0.29, 0.717) is 0 Å². The zero-order chi connectivity index (χ0) is 14.5. The molecule has 0 bridgehead atoms. The molecule has 1 aliphatic heterocycles. The second-order valence-electron chi connectivity index (χ2n) is 5.01. The van der Waals surface area contributed by atoms with Crippen molar-refractivity contribution in [2.24, 2.45) is 0 Å². The molecule has 1 heterocycles. The van der Waals surface area contributed by atoms with Crippen molar-refractivity contribution >= 4 is 0 Å². The number of ether oxygens (including phenoxy) is 3. The van der Waals surface area contributed by atoms with Crippen molar-refractivity contribution in [3.05, 3.63) is 23.8 Å². The van der Waals surface area contributed by atoms with Crippen molar-refractivity contribution in [1.29, 1.82) is 0 Å². The van der Waals surface area contributed by atoms with Gasteiger partial charge in [0.1, 0.15) is 11.5 Å². The number of benzene rings is 1. The van der Waals surface area contributed by atoms with Crippen LogP contribution in [0.4, 0.5) is 0 Å². The van der Waals surface area contributed by atoms with Crippen molar-refractivity contribution in [2.75, 3.05) is 48.0 Å². The molecule has 2 rings (SSSR count). The fourth-order valence-corrected chi connectivity index (χ4v) is 2.72. The van der Waals surface area contributed by atoms with Crippen LogP contribution in [-0.4, -0.2) is 59.0 Å². The Bertz CT molecular complexity index is 417. The smallest absolute Gasteiger partial charge is 0.127 e. The van der Waals surface area contributed by atoms with Crippen molar-refractivity contribution < 1.29 is 14.2 Å². The zero-order valence-electron chi connectivity index (χ0n) is 12.7. The van der Waals surface area contributed by atoms with Gasteiger partial charge in [0.15, 0.2) is 0 Å². The highest BCUT2D eigenvalue weighted by Gasteiger charge is 2.31. The van der Waals surface area contributed by atoms with E-state index in [-0.39, 0.29) is 12.1 Å². The SMILES string of the molecule is CNC(c1c(OC)cccc1OC)C1CN(C)CCO1. The number of likely N-dealkylation sites (N-methyl/N-ethyl adjacent to an activating group) is 2. The lowest BCUT2D eigenvalue weighted by Gasteiger charge is -2.36. The molecule has 0 amide bonds. The molecule has 20 heavy (non-hydrogen) atoms. The lowest BCUT2D eigenvalue weighted by atomic mass is 9.98. The second kappa shape index (κ2) is 6.92. The molecule has 2 atom stereocenters. The summed E-state index contributed by atoms with van der Waals surface area (Å²) in [5, 5.41) is 3.35. The highest BCUT2D eigenvalue weighted by Crippen LogP contribution is 2.36. The third-order valence-corrected chi connectivity index (χ3v) is 3.76. The monoisotopic (exact) mass is 280 g/mol. The molecule has 0 aliphatic carbocycles. The lowest BCUT2D eigenvalue weighted by Crippen LogP contribution is -2.46. The van der Waals surface area contributed by atoms with Crippen molar-refractivity contribution in [1.82, 2.24) is 10.2 Å². The van der Waals surface area contributed by atoms with Gasteiger partial charge in [-0.25, -0.2) is 0 Å². The molecule has 112 valence electrons. The van der Waals surface area contributed by atoms with Crippen LogP contribution in [0, 0.1) is 0 Å². The normalized spacial score (nSPS) is 21.5. The topological polar surface area (TPSA) is 43.0 Å². The van der Waals surface area contributed by atoms with E-state index in [0.717, 1.165) is 36.8 Å². The average Bonchev–Trinajstić information content (AvgIpc) is 2.48. The van der Waals surface area contributed by atoms with E-state index < -0.39 is 0 Å². The number of rotatable bonds is 5. The van der Waals surface area contributed by atoms with E-state index in [9.17, 15) is 0 Å². The minimum absolute atomic E-state index is 0.0313. The molecule has 1 aromatic carbocycles. The van der Waals surface area contributed by atoms with Crippen LogP contribution in [0.1, 0.15) is 11.6 Å².